The van der Waals surface area contributed by atoms with E-state index in [1.807, 2.05) is 53.4 Å². The van der Waals surface area contributed by atoms with Crippen LogP contribution >= 0.6 is 0 Å². The molecule has 3 nitrogen and oxygen atoms in total. The fourth-order valence-corrected chi connectivity index (χ4v) is 2.28. The quantitative estimate of drug-likeness (QED) is 0.783. The minimum absolute atomic E-state index is 0.193. The van der Waals surface area contributed by atoms with Crippen LogP contribution in [0, 0.1) is 11.6 Å². The number of benzene rings is 2. The Morgan fingerprint density at radius 3 is 2.13 bits per heavy atom. The number of rotatable bonds is 4. The molecular weight excluding hydrogens is 298 g/mol. The van der Waals surface area contributed by atoms with E-state index >= 15 is 0 Å². The first-order valence-electron chi connectivity index (χ1n) is 7.09. The third kappa shape index (κ3) is 3.29. The van der Waals surface area contributed by atoms with Gasteiger partial charge in [0.1, 0.15) is 17.2 Å². The summed E-state index contributed by atoms with van der Waals surface area (Å²) in [7, 11) is 0. The normalized spacial score (nSPS) is 10.5. The van der Waals surface area contributed by atoms with Crippen molar-refractivity contribution < 1.29 is 13.6 Å². The standard InChI is InChI=1S/C18H14F2N2O/c19-15-4-3-5-16(20)17(15)18(23)21-12-13-6-8-14(9-7-13)22-10-1-2-11-22/h1-11H,12H2,(H,21,23). The molecule has 1 amide bonds. The maximum absolute atomic E-state index is 13.5. The Balaban J connectivity index is 1.67. The van der Waals surface area contributed by atoms with Gasteiger partial charge in [0.2, 0.25) is 0 Å². The van der Waals surface area contributed by atoms with Crippen molar-refractivity contribution in [1.29, 1.82) is 0 Å². The molecule has 1 N–H and O–H groups in total. The highest BCUT2D eigenvalue weighted by Crippen LogP contribution is 2.13. The van der Waals surface area contributed by atoms with E-state index < -0.39 is 23.1 Å². The van der Waals surface area contributed by atoms with Gasteiger partial charge in [-0.15, -0.1) is 0 Å². The van der Waals surface area contributed by atoms with E-state index in [4.69, 9.17) is 0 Å². The lowest BCUT2D eigenvalue weighted by molar-refractivity contribution is 0.0942. The van der Waals surface area contributed by atoms with Gasteiger partial charge in [0.25, 0.3) is 5.91 Å². The van der Waals surface area contributed by atoms with Gasteiger partial charge in [0.05, 0.1) is 0 Å². The van der Waals surface area contributed by atoms with Crippen molar-refractivity contribution in [3.05, 3.63) is 89.8 Å². The molecule has 0 saturated carbocycles. The Bertz CT molecular complexity index is 791. The summed E-state index contributed by atoms with van der Waals surface area (Å²) in [6, 6.07) is 14.7. The molecule has 0 atom stereocenters. The second-order valence-corrected chi connectivity index (χ2v) is 5.04. The van der Waals surface area contributed by atoms with Crippen LogP contribution in [-0.4, -0.2) is 10.5 Å². The zero-order chi connectivity index (χ0) is 16.2. The molecule has 0 unspecified atom stereocenters. The van der Waals surface area contributed by atoms with Crippen LogP contribution < -0.4 is 5.32 Å². The van der Waals surface area contributed by atoms with E-state index in [-0.39, 0.29) is 6.54 Å². The first kappa shape index (κ1) is 15.0. The van der Waals surface area contributed by atoms with Crippen LogP contribution in [0.1, 0.15) is 15.9 Å². The summed E-state index contributed by atoms with van der Waals surface area (Å²) in [6.07, 6.45) is 3.86. The van der Waals surface area contributed by atoms with Gasteiger partial charge in [0, 0.05) is 24.6 Å². The van der Waals surface area contributed by atoms with E-state index in [1.54, 1.807) is 0 Å². The molecule has 0 fully saturated rings. The molecule has 23 heavy (non-hydrogen) atoms. The van der Waals surface area contributed by atoms with Crippen LogP contribution in [0.5, 0.6) is 0 Å². The summed E-state index contributed by atoms with van der Waals surface area (Å²) >= 11 is 0. The van der Waals surface area contributed by atoms with Gasteiger partial charge >= 0.3 is 0 Å². The second kappa shape index (κ2) is 6.44. The van der Waals surface area contributed by atoms with Crippen molar-refractivity contribution in [2.75, 3.05) is 0 Å². The number of nitrogens with one attached hydrogen (secondary N) is 1. The van der Waals surface area contributed by atoms with Crippen LogP contribution in [0.3, 0.4) is 0 Å². The third-order valence-corrected chi connectivity index (χ3v) is 3.48. The Labute approximate surface area is 132 Å². The van der Waals surface area contributed by atoms with Crippen LogP contribution in [0.2, 0.25) is 0 Å². The molecule has 116 valence electrons. The maximum Gasteiger partial charge on any atom is 0.257 e. The Hall–Kier alpha value is -2.95. The van der Waals surface area contributed by atoms with Crippen molar-refractivity contribution in [1.82, 2.24) is 9.88 Å². The highest BCUT2D eigenvalue weighted by molar-refractivity contribution is 5.94. The minimum Gasteiger partial charge on any atom is -0.348 e. The molecule has 0 aliphatic rings. The predicted molar refractivity (Wildman–Crippen MR) is 83.3 cm³/mol. The van der Waals surface area contributed by atoms with Crippen LogP contribution in [0.4, 0.5) is 8.78 Å². The fourth-order valence-electron chi connectivity index (χ4n) is 2.28. The van der Waals surface area contributed by atoms with Crippen molar-refractivity contribution in [2.45, 2.75) is 6.54 Å². The van der Waals surface area contributed by atoms with E-state index in [0.717, 1.165) is 23.4 Å². The molecule has 1 heterocycles. The highest BCUT2D eigenvalue weighted by atomic mass is 19.1. The summed E-state index contributed by atoms with van der Waals surface area (Å²) in [6.45, 7) is 0.193. The van der Waals surface area contributed by atoms with Crippen LogP contribution in [0.15, 0.2) is 67.0 Å². The first-order chi connectivity index (χ1) is 11.1. The second-order valence-electron chi connectivity index (χ2n) is 5.04. The average Bonchev–Trinajstić information content (AvgIpc) is 3.08. The molecule has 2 aromatic carbocycles. The maximum atomic E-state index is 13.5. The lowest BCUT2D eigenvalue weighted by atomic mass is 10.1. The van der Waals surface area contributed by atoms with Crippen molar-refractivity contribution in [3.63, 3.8) is 0 Å². The monoisotopic (exact) mass is 312 g/mol. The molecular formula is C18H14F2N2O. The van der Waals surface area contributed by atoms with Crippen LogP contribution in [-0.2, 0) is 6.54 Å². The number of halogens is 2. The van der Waals surface area contributed by atoms with E-state index in [0.29, 0.717) is 0 Å². The number of aromatic nitrogens is 1. The zero-order valence-electron chi connectivity index (χ0n) is 12.2. The van der Waals surface area contributed by atoms with Gasteiger partial charge in [0.15, 0.2) is 0 Å². The largest absolute Gasteiger partial charge is 0.348 e. The highest BCUT2D eigenvalue weighted by Gasteiger charge is 2.16. The molecule has 0 radical (unpaired) electrons. The number of carbonyl (C=O) groups excluding carboxylic acids is 1. The fraction of sp³-hybridized carbons (Fsp3) is 0.0556. The van der Waals surface area contributed by atoms with Gasteiger partial charge in [-0.1, -0.05) is 18.2 Å². The number of amides is 1. The third-order valence-electron chi connectivity index (χ3n) is 3.48. The van der Waals surface area contributed by atoms with Gasteiger partial charge in [-0.3, -0.25) is 4.79 Å². The zero-order valence-corrected chi connectivity index (χ0v) is 12.2. The summed E-state index contributed by atoms with van der Waals surface area (Å²) < 4.78 is 29.0. The molecule has 5 heteroatoms. The molecule has 3 aromatic rings. The lowest BCUT2D eigenvalue weighted by Gasteiger charge is -2.08. The van der Waals surface area contributed by atoms with Crippen LogP contribution in [0.25, 0.3) is 5.69 Å². The molecule has 0 spiro atoms. The molecule has 0 saturated heterocycles. The van der Waals surface area contributed by atoms with Gasteiger partial charge < -0.3 is 9.88 Å². The molecule has 0 bridgehead atoms. The minimum atomic E-state index is -0.870. The van der Waals surface area contributed by atoms with Gasteiger partial charge in [-0.05, 0) is 42.0 Å². The van der Waals surface area contributed by atoms with Crippen molar-refractivity contribution >= 4 is 5.91 Å². The molecule has 0 aliphatic carbocycles. The number of nitrogens with zero attached hydrogens (tertiary/aromatic N) is 1. The van der Waals surface area contributed by atoms with Crippen molar-refractivity contribution in [3.8, 4) is 5.69 Å². The predicted octanol–water partition coefficient (Wildman–Crippen LogP) is 3.69. The molecule has 3 rings (SSSR count). The first-order valence-corrected chi connectivity index (χ1v) is 7.09. The summed E-state index contributed by atoms with van der Waals surface area (Å²) in [5, 5.41) is 2.53. The summed E-state index contributed by atoms with van der Waals surface area (Å²) in [4.78, 5) is 11.9. The molecule has 1 aromatic heterocycles. The average molecular weight is 312 g/mol. The van der Waals surface area contributed by atoms with E-state index in [2.05, 4.69) is 5.32 Å². The number of hydrogen-bond donors (Lipinski definition) is 1. The van der Waals surface area contributed by atoms with Crippen molar-refractivity contribution in [2.24, 2.45) is 0 Å². The SMILES string of the molecule is O=C(NCc1ccc(-n2cccc2)cc1)c1c(F)cccc1F. The smallest absolute Gasteiger partial charge is 0.257 e. The van der Waals surface area contributed by atoms with E-state index in [1.165, 1.54) is 6.07 Å². The Kier molecular flexibility index (Phi) is 4.19. The topological polar surface area (TPSA) is 34.0 Å². The molecule has 0 aliphatic heterocycles. The summed E-state index contributed by atoms with van der Waals surface area (Å²) in [5.74, 6) is -2.51. The summed E-state index contributed by atoms with van der Waals surface area (Å²) in [5.41, 5.74) is 1.27. The van der Waals surface area contributed by atoms with Gasteiger partial charge in [-0.25, -0.2) is 8.78 Å². The lowest BCUT2D eigenvalue weighted by Crippen LogP contribution is -2.25. The van der Waals surface area contributed by atoms with E-state index in [9.17, 15) is 13.6 Å². The van der Waals surface area contributed by atoms with Gasteiger partial charge in [-0.2, -0.15) is 0 Å². The Morgan fingerprint density at radius 2 is 1.52 bits per heavy atom. The number of hydrogen-bond acceptors (Lipinski definition) is 1. The Morgan fingerprint density at radius 1 is 0.913 bits per heavy atom. The number of carbonyl (C=O) groups is 1.